The molecule has 1 fully saturated rings. The smallest absolute Gasteiger partial charge is 0.247 e. The summed E-state index contributed by atoms with van der Waals surface area (Å²) >= 11 is 0. The van der Waals surface area contributed by atoms with Crippen LogP contribution in [0.4, 0.5) is 17.5 Å². The number of aromatic nitrogens is 3. The normalized spacial score (nSPS) is 18.1. The molecule has 0 radical (unpaired) electrons. The van der Waals surface area contributed by atoms with E-state index in [1.165, 1.54) is 6.20 Å². The number of methoxy groups -OCH3 is 2. The van der Waals surface area contributed by atoms with E-state index in [9.17, 15) is 8.42 Å². The summed E-state index contributed by atoms with van der Waals surface area (Å²) in [5.41, 5.74) is 0.676. The van der Waals surface area contributed by atoms with E-state index >= 15 is 0 Å². The van der Waals surface area contributed by atoms with Crippen LogP contribution in [0.3, 0.4) is 0 Å². The monoisotopic (exact) mass is 393 g/mol. The summed E-state index contributed by atoms with van der Waals surface area (Å²) in [4.78, 5) is 6.39. The fourth-order valence-corrected chi connectivity index (χ4v) is 4.84. The molecule has 0 amide bonds. The van der Waals surface area contributed by atoms with Crippen molar-refractivity contribution in [3.63, 3.8) is 0 Å². The number of rotatable bonds is 7. The van der Waals surface area contributed by atoms with Gasteiger partial charge in [-0.05, 0) is 25.5 Å². The Morgan fingerprint density at radius 1 is 1.30 bits per heavy atom. The standard InChI is InChI=1S/C17H23N5O4S/c1-4-22(12-7-8-27(23,24)11-12)17-20-16(10-18-21-17)19-14-9-13(25-2)5-6-15(14)26-3/h5-6,9-10,12H,4,7-8,11H2,1-3H3,(H,19,20,21). The van der Waals surface area contributed by atoms with Gasteiger partial charge in [-0.15, -0.1) is 5.10 Å². The van der Waals surface area contributed by atoms with Crippen molar-refractivity contribution in [1.82, 2.24) is 15.2 Å². The molecule has 27 heavy (non-hydrogen) atoms. The molecule has 2 aromatic rings. The summed E-state index contributed by atoms with van der Waals surface area (Å²) in [7, 11) is 0.170. The number of nitrogens with one attached hydrogen (secondary N) is 1. The van der Waals surface area contributed by atoms with Crippen LogP contribution >= 0.6 is 0 Å². The van der Waals surface area contributed by atoms with Gasteiger partial charge in [-0.3, -0.25) is 0 Å². The first kappa shape index (κ1) is 19.2. The molecule has 1 saturated heterocycles. The van der Waals surface area contributed by atoms with Gasteiger partial charge in [0.2, 0.25) is 5.95 Å². The lowest BCUT2D eigenvalue weighted by Gasteiger charge is -2.26. The van der Waals surface area contributed by atoms with Gasteiger partial charge in [-0.25, -0.2) is 8.42 Å². The number of sulfone groups is 1. The number of hydrogen-bond acceptors (Lipinski definition) is 9. The first-order chi connectivity index (χ1) is 13.0. The molecule has 146 valence electrons. The number of benzene rings is 1. The molecular weight excluding hydrogens is 370 g/mol. The Bertz CT molecular complexity index is 906. The molecule has 1 aromatic heterocycles. The van der Waals surface area contributed by atoms with Crippen LogP contribution in [-0.4, -0.2) is 61.9 Å². The maximum atomic E-state index is 11.8. The molecule has 0 saturated carbocycles. The molecule has 1 aliphatic rings. The highest BCUT2D eigenvalue weighted by molar-refractivity contribution is 7.91. The highest BCUT2D eigenvalue weighted by atomic mass is 32.2. The van der Waals surface area contributed by atoms with E-state index in [1.807, 2.05) is 11.8 Å². The second kappa shape index (κ2) is 7.95. The predicted octanol–water partition coefficient (Wildman–Crippen LogP) is 1.65. The number of hydrogen-bond donors (Lipinski definition) is 1. The third-order valence-electron chi connectivity index (χ3n) is 4.46. The Balaban J connectivity index is 1.85. The van der Waals surface area contributed by atoms with E-state index < -0.39 is 9.84 Å². The second-order valence-electron chi connectivity index (χ2n) is 6.18. The van der Waals surface area contributed by atoms with Gasteiger partial charge < -0.3 is 19.7 Å². The van der Waals surface area contributed by atoms with Crippen LogP contribution in [0.15, 0.2) is 24.4 Å². The molecule has 0 bridgehead atoms. The molecule has 1 N–H and O–H groups in total. The maximum Gasteiger partial charge on any atom is 0.247 e. The lowest BCUT2D eigenvalue weighted by atomic mass is 10.2. The first-order valence-corrected chi connectivity index (χ1v) is 10.4. The van der Waals surface area contributed by atoms with Crippen LogP contribution in [0.1, 0.15) is 13.3 Å². The molecule has 9 nitrogen and oxygen atoms in total. The van der Waals surface area contributed by atoms with E-state index in [4.69, 9.17) is 9.47 Å². The van der Waals surface area contributed by atoms with Crippen LogP contribution < -0.4 is 19.7 Å². The number of ether oxygens (including phenoxy) is 2. The Labute approximate surface area is 158 Å². The largest absolute Gasteiger partial charge is 0.497 e. The molecule has 1 atom stereocenters. The summed E-state index contributed by atoms with van der Waals surface area (Å²) in [6.45, 7) is 2.54. The van der Waals surface area contributed by atoms with Crippen molar-refractivity contribution >= 4 is 27.3 Å². The van der Waals surface area contributed by atoms with Gasteiger partial charge in [0, 0.05) is 18.7 Å². The zero-order chi connectivity index (χ0) is 19.4. The summed E-state index contributed by atoms with van der Waals surface area (Å²) < 4.78 is 34.2. The lowest BCUT2D eigenvalue weighted by Crippen LogP contribution is -2.37. The average molecular weight is 393 g/mol. The van der Waals surface area contributed by atoms with Crippen LogP contribution in [-0.2, 0) is 9.84 Å². The van der Waals surface area contributed by atoms with Gasteiger partial charge in [0.1, 0.15) is 11.5 Å². The zero-order valence-electron chi connectivity index (χ0n) is 15.5. The van der Waals surface area contributed by atoms with E-state index in [2.05, 4.69) is 20.5 Å². The Hall–Kier alpha value is -2.62. The molecule has 0 spiro atoms. The number of anilines is 3. The molecule has 3 rings (SSSR count). The second-order valence-corrected chi connectivity index (χ2v) is 8.40. The van der Waals surface area contributed by atoms with Crippen molar-refractivity contribution in [1.29, 1.82) is 0 Å². The Morgan fingerprint density at radius 2 is 2.11 bits per heavy atom. The first-order valence-electron chi connectivity index (χ1n) is 8.61. The molecule has 10 heteroatoms. The van der Waals surface area contributed by atoms with Crippen molar-refractivity contribution in [3.05, 3.63) is 24.4 Å². The van der Waals surface area contributed by atoms with E-state index in [0.717, 1.165) is 0 Å². The summed E-state index contributed by atoms with van der Waals surface area (Å²) in [5, 5.41) is 11.3. The van der Waals surface area contributed by atoms with Gasteiger partial charge >= 0.3 is 0 Å². The summed E-state index contributed by atoms with van der Waals surface area (Å²) in [5.74, 6) is 2.49. The average Bonchev–Trinajstić information content (AvgIpc) is 3.02. The van der Waals surface area contributed by atoms with Crippen LogP contribution in [0.5, 0.6) is 11.5 Å². The van der Waals surface area contributed by atoms with Gasteiger partial charge in [0.15, 0.2) is 15.7 Å². The van der Waals surface area contributed by atoms with Crippen LogP contribution in [0.25, 0.3) is 0 Å². The van der Waals surface area contributed by atoms with Crippen molar-refractivity contribution in [2.75, 3.05) is 42.5 Å². The zero-order valence-corrected chi connectivity index (χ0v) is 16.4. The minimum atomic E-state index is -3.00. The fraction of sp³-hybridized carbons (Fsp3) is 0.471. The van der Waals surface area contributed by atoms with Crippen molar-refractivity contribution in [2.45, 2.75) is 19.4 Å². The molecule has 1 unspecified atom stereocenters. The Morgan fingerprint density at radius 3 is 2.74 bits per heavy atom. The molecule has 2 heterocycles. The van der Waals surface area contributed by atoms with Crippen molar-refractivity contribution in [2.24, 2.45) is 0 Å². The van der Waals surface area contributed by atoms with E-state index in [-0.39, 0.29) is 17.5 Å². The van der Waals surface area contributed by atoms with E-state index in [0.29, 0.717) is 41.9 Å². The number of nitrogens with zero attached hydrogens (tertiary/aromatic N) is 4. The lowest BCUT2D eigenvalue weighted by molar-refractivity contribution is 0.405. The quantitative estimate of drug-likeness (QED) is 0.751. The molecule has 1 aromatic carbocycles. The summed E-state index contributed by atoms with van der Waals surface area (Å²) in [6, 6.07) is 5.25. The van der Waals surface area contributed by atoms with Crippen LogP contribution in [0, 0.1) is 0 Å². The Kier molecular flexibility index (Phi) is 5.64. The van der Waals surface area contributed by atoms with Gasteiger partial charge in [0.05, 0.1) is 37.6 Å². The third-order valence-corrected chi connectivity index (χ3v) is 6.21. The van der Waals surface area contributed by atoms with Gasteiger partial charge in [0.25, 0.3) is 0 Å². The molecular formula is C17H23N5O4S. The molecule has 1 aliphatic heterocycles. The molecule has 0 aliphatic carbocycles. The van der Waals surface area contributed by atoms with Crippen molar-refractivity contribution in [3.8, 4) is 11.5 Å². The van der Waals surface area contributed by atoms with Gasteiger partial charge in [-0.2, -0.15) is 10.1 Å². The topological polar surface area (TPSA) is 107 Å². The third kappa shape index (κ3) is 4.38. The minimum Gasteiger partial charge on any atom is -0.497 e. The maximum absolute atomic E-state index is 11.8. The minimum absolute atomic E-state index is 0.117. The predicted molar refractivity (Wildman–Crippen MR) is 103 cm³/mol. The van der Waals surface area contributed by atoms with Crippen molar-refractivity contribution < 1.29 is 17.9 Å². The van der Waals surface area contributed by atoms with Crippen LogP contribution in [0.2, 0.25) is 0 Å². The van der Waals surface area contributed by atoms with E-state index in [1.54, 1.807) is 32.4 Å². The SMILES string of the molecule is CCN(c1nncc(Nc2cc(OC)ccc2OC)n1)C1CCS(=O)(=O)C1. The highest BCUT2D eigenvalue weighted by Crippen LogP contribution is 2.31. The fourth-order valence-electron chi connectivity index (χ4n) is 3.11. The summed E-state index contributed by atoms with van der Waals surface area (Å²) in [6.07, 6.45) is 2.07. The van der Waals surface area contributed by atoms with Gasteiger partial charge in [-0.1, -0.05) is 0 Å². The highest BCUT2D eigenvalue weighted by Gasteiger charge is 2.33.